The first kappa shape index (κ1) is 18.0. The van der Waals surface area contributed by atoms with Crippen LogP contribution in [0.1, 0.15) is 0 Å². The summed E-state index contributed by atoms with van der Waals surface area (Å²) in [5.41, 5.74) is 0. The summed E-state index contributed by atoms with van der Waals surface area (Å²) in [5, 5.41) is 18.6. The van der Waals surface area contributed by atoms with Gasteiger partial charge in [0.05, 0.1) is 19.6 Å². The summed E-state index contributed by atoms with van der Waals surface area (Å²) >= 11 is 0. The normalized spacial score (nSPS) is 12.0. The first-order valence-electron chi connectivity index (χ1n) is 7.39. The maximum Gasteiger partial charge on any atom is 0.206 e. The highest BCUT2D eigenvalue weighted by atomic mass is 32.2. The third kappa shape index (κ3) is 3.29. The number of benzene rings is 3. The van der Waals surface area contributed by atoms with Crippen molar-refractivity contribution in [3.05, 3.63) is 72.8 Å². The van der Waals surface area contributed by atoms with Gasteiger partial charge in [-0.05, 0) is 66.7 Å². The molecule has 3 rings (SSSR count). The van der Waals surface area contributed by atoms with Crippen LogP contribution in [0.3, 0.4) is 0 Å². The summed E-state index contributed by atoms with van der Waals surface area (Å²) in [7, 11) is -7.89. The zero-order valence-corrected chi connectivity index (χ0v) is 14.9. The molecule has 2 N–H and O–H groups in total. The van der Waals surface area contributed by atoms with E-state index in [9.17, 15) is 27.0 Å². The van der Waals surface area contributed by atoms with Crippen LogP contribution < -0.4 is 0 Å². The van der Waals surface area contributed by atoms with Gasteiger partial charge in [0.1, 0.15) is 11.5 Å². The van der Waals surface area contributed by atoms with Crippen molar-refractivity contribution in [2.75, 3.05) is 0 Å². The maximum absolute atomic E-state index is 12.7. The largest absolute Gasteiger partial charge is 0.508 e. The smallest absolute Gasteiger partial charge is 0.206 e. The molecule has 0 spiro atoms. The van der Waals surface area contributed by atoms with Crippen molar-refractivity contribution in [2.45, 2.75) is 19.6 Å². The minimum atomic E-state index is -3.94. The molecule has 3 aromatic carbocycles. The van der Waals surface area contributed by atoms with Crippen LogP contribution in [0, 0.1) is 0 Å². The SMILES string of the molecule is O=S(=O)(c1ccc(O)cc1)c1cccc(S(=O)(=O)c2ccc(O)cc2)c1. The molecular weight excluding hydrogens is 376 g/mol. The van der Waals surface area contributed by atoms with E-state index in [2.05, 4.69) is 0 Å². The number of aromatic hydroxyl groups is 2. The quantitative estimate of drug-likeness (QED) is 0.709. The Balaban J connectivity index is 2.08. The Hall–Kier alpha value is -2.84. The van der Waals surface area contributed by atoms with Crippen LogP contribution in [0.5, 0.6) is 11.5 Å². The van der Waals surface area contributed by atoms with Crippen LogP contribution >= 0.6 is 0 Å². The van der Waals surface area contributed by atoms with Gasteiger partial charge >= 0.3 is 0 Å². The predicted octanol–water partition coefficient (Wildman–Crippen LogP) is 2.76. The fourth-order valence-electron chi connectivity index (χ4n) is 2.33. The Kier molecular flexibility index (Phi) is 4.47. The number of hydrogen-bond acceptors (Lipinski definition) is 6. The molecule has 0 saturated carbocycles. The van der Waals surface area contributed by atoms with Crippen molar-refractivity contribution in [2.24, 2.45) is 0 Å². The third-order valence-corrected chi connectivity index (χ3v) is 7.25. The van der Waals surface area contributed by atoms with Gasteiger partial charge in [-0.25, -0.2) is 16.8 Å². The van der Waals surface area contributed by atoms with Crippen molar-refractivity contribution in [3.8, 4) is 11.5 Å². The number of hydrogen-bond donors (Lipinski definition) is 2. The molecule has 0 bridgehead atoms. The lowest BCUT2D eigenvalue weighted by atomic mass is 10.3. The van der Waals surface area contributed by atoms with E-state index in [1.54, 1.807) is 0 Å². The van der Waals surface area contributed by atoms with Crippen LogP contribution in [0.2, 0.25) is 0 Å². The molecule has 3 aromatic rings. The fraction of sp³-hybridized carbons (Fsp3) is 0. The van der Waals surface area contributed by atoms with Gasteiger partial charge in [-0.2, -0.15) is 0 Å². The summed E-state index contributed by atoms with van der Waals surface area (Å²) in [6.07, 6.45) is 0. The molecule has 0 fully saturated rings. The van der Waals surface area contributed by atoms with Crippen LogP contribution in [0.4, 0.5) is 0 Å². The van der Waals surface area contributed by atoms with E-state index in [4.69, 9.17) is 0 Å². The molecule has 0 aromatic heterocycles. The molecule has 0 unspecified atom stereocenters. The van der Waals surface area contributed by atoms with Gasteiger partial charge in [0, 0.05) is 0 Å². The van der Waals surface area contributed by atoms with E-state index in [0.29, 0.717) is 0 Å². The van der Waals surface area contributed by atoms with Gasteiger partial charge in [0.15, 0.2) is 0 Å². The van der Waals surface area contributed by atoms with Crippen LogP contribution in [-0.2, 0) is 19.7 Å². The number of sulfone groups is 2. The molecular formula is C18H14O6S2. The molecule has 0 atom stereocenters. The number of phenols is 2. The van der Waals surface area contributed by atoms with E-state index >= 15 is 0 Å². The average molecular weight is 390 g/mol. The van der Waals surface area contributed by atoms with Crippen LogP contribution in [-0.4, -0.2) is 27.0 Å². The summed E-state index contributed by atoms with van der Waals surface area (Å²) < 4.78 is 50.8. The number of rotatable bonds is 4. The molecule has 8 heteroatoms. The Bertz CT molecular complexity index is 1060. The third-order valence-electron chi connectivity index (χ3n) is 3.72. The zero-order chi connectivity index (χ0) is 18.9. The van der Waals surface area contributed by atoms with Gasteiger partial charge in [-0.3, -0.25) is 0 Å². The van der Waals surface area contributed by atoms with Crippen LogP contribution in [0.15, 0.2) is 92.4 Å². The van der Waals surface area contributed by atoms with Crippen molar-refractivity contribution >= 4 is 19.7 Å². The van der Waals surface area contributed by atoms with Gasteiger partial charge < -0.3 is 10.2 Å². The first-order valence-corrected chi connectivity index (χ1v) is 10.4. The molecule has 0 heterocycles. The maximum atomic E-state index is 12.7. The Morgan fingerprint density at radius 1 is 0.500 bits per heavy atom. The summed E-state index contributed by atoms with van der Waals surface area (Å²) in [4.78, 5) is -0.477. The summed E-state index contributed by atoms with van der Waals surface area (Å²) in [5.74, 6) is -0.153. The van der Waals surface area contributed by atoms with E-state index in [0.717, 1.165) is 6.07 Å². The van der Waals surface area contributed by atoms with Crippen LogP contribution in [0.25, 0.3) is 0 Å². The molecule has 0 saturated heterocycles. The minimum Gasteiger partial charge on any atom is -0.508 e. The van der Waals surface area contributed by atoms with Crippen molar-refractivity contribution in [1.82, 2.24) is 0 Å². The Morgan fingerprint density at radius 3 is 1.19 bits per heavy atom. The topological polar surface area (TPSA) is 109 Å². The summed E-state index contributed by atoms with van der Waals surface area (Å²) in [6.45, 7) is 0. The molecule has 134 valence electrons. The predicted molar refractivity (Wildman–Crippen MR) is 93.6 cm³/mol. The van der Waals surface area contributed by atoms with Gasteiger partial charge in [0.25, 0.3) is 0 Å². The number of phenolic OH excluding ortho intramolecular Hbond substituents is 2. The molecule has 26 heavy (non-hydrogen) atoms. The van der Waals surface area contributed by atoms with Crippen molar-refractivity contribution in [1.29, 1.82) is 0 Å². The molecule has 0 aliphatic rings. The van der Waals surface area contributed by atoms with E-state index in [1.807, 2.05) is 0 Å². The lowest BCUT2D eigenvalue weighted by Crippen LogP contribution is -2.06. The molecule has 0 radical (unpaired) electrons. The Labute approximate surface area is 150 Å². The standard InChI is InChI=1S/C18H14O6S2/c19-13-4-8-15(9-5-13)25(21,22)17-2-1-3-18(12-17)26(23,24)16-10-6-14(20)7-11-16/h1-12,19-20H. The zero-order valence-electron chi connectivity index (χ0n) is 13.3. The summed E-state index contributed by atoms with van der Waals surface area (Å²) in [6, 6.07) is 15.0. The average Bonchev–Trinajstić information content (AvgIpc) is 2.62. The van der Waals surface area contributed by atoms with E-state index in [-0.39, 0.29) is 31.1 Å². The second kappa shape index (κ2) is 6.47. The second-order valence-electron chi connectivity index (χ2n) is 5.47. The van der Waals surface area contributed by atoms with Crippen molar-refractivity contribution < 1.29 is 27.0 Å². The highest BCUT2D eigenvalue weighted by Crippen LogP contribution is 2.28. The lowest BCUT2D eigenvalue weighted by molar-refractivity contribution is 0.474. The molecule has 0 aliphatic carbocycles. The monoisotopic (exact) mass is 390 g/mol. The molecule has 0 aliphatic heterocycles. The minimum absolute atomic E-state index is 0.0607. The highest BCUT2D eigenvalue weighted by Gasteiger charge is 2.23. The van der Waals surface area contributed by atoms with Gasteiger partial charge in [-0.1, -0.05) is 6.07 Å². The van der Waals surface area contributed by atoms with E-state index in [1.165, 1.54) is 66.7 Å². The second-order valence-corrected chi connectivity index (χ2v) is 9.37. The van der Waals surface area contributed by atoms with E-state index < -0.39 is 19.7 Å². The molecule has 6 nitrogen and oxygen atoms in total. The Morgan fingerprint density at radius 2 is 0.846 bits per heavy atom. The fourth-order valence-corrected chi connectivity index (χ4v) is 5.02. The van der Waals surface area contributed by atoms with Gasteiger partial charge in [0.2, 0.25) is 19.7 Å². The van der Waals surface area contributed by atoms with Crippen molar-refractivity contribution in [3.63, 3.8) is 0 Å². The first-order chi connectivity index (χ1) is 12.2. The lowest BCUT2D eigenvalue weighted by Gasteiger charge is -2.08. The van der Waals surface area contributed by atoms with Gasteiger partial charge in [-0.15, -0.1) is 0 Å². The molecule has 0 amide bonds. The highest BCUT2D eigenvalue weighted by molar-refractivity contribution is 7.92.